The lowest BCUT2D eigenvalue weighted by molar-refractivity contribution is -0.190. The lowest BCUT2D eigenvalue weighted by Gasteiger charge is -2.34. The number of rotatable bonds is 9. The summed E-state index contributed by atoms with van der Waals surface area (Å²) in [6, 6.07) is 4.56. The van der Waals surface area contributed by atoms with Gasteiger partial charge in [0.25, 0.3) is 5.91 Å². The first-order valence-electron chi connectivity index (χ1n) is 13.6. The van der Waals surface area contributed by atoms with Gasteiger partial charge in [0.15, 0.2) is 11.5 Å². The number of hydrogen-bond acceptors (Lipinski definition) is 7. The van der Waals surface area contributed by atoms with E-state index in [9.17, 15) is 31.1 Å². The second kappa shape index (κ2) is 10.9. The normalized spacial score (nSPS) is 19.5. The Balaban J connectivity index is 1.37. The Labute approximate surface area is 248 Å². The van der Waals surface area contributed by atoms with E-state index < -0.39 is 29.4 Å². The summed E-state index contributed by atoms with van der Waals surface area (Å²) < 4.78 is 90.3. The maximum absolute atomic E-state index is 13.4. The molecular weight excluding hydrogens is 600 g/mol. The largest absolute Gasteiger partial charge is 0.477 e. The number of amides is 1. The molecule has 2 fully saturated rings. The highest BCUT2D eigenvalue weighted by molar-refractivity contribution is 7.98. The van der Waals surface area contributed by atoms with Crippen molar-refractivity contribution in [1.82, 2.24) is 29.3 Å². The Bertz CT molecular complexity index is 1500. The molecule has 16 heteroatoms. The number of nitrogens with zero attached hydrogens (tertiary/aromatic N) is 6. The van der Waals surface area contributed by atoms with E-state index in [2.05, 4.69) is 21.8 Å². The van der Waals surface area contributed by atoms with Crippen molar-refractivity contribution in [2.24, 2.45) is 18.4 Å². The van der Waals surface area contributed by atoms with Gasteiger partial charge in [0, 0.05) is 37.6 Å². The molecule has 1 atom stereocenters. The third kappa shape index (κ3) is 6.43. The summed E-state index contributed by atoms with van der Waals surface area (Å²) >= 11 is 0.515. The first kappa shape index (κ1) is 31.0. The second-order valence-corrected chi connectivity index (χ2v) is 12.6. The quantitative estimate of drug-likeness (QED) is 0.223. The number of hydrogen-bond donors (Lipinski definition) is 1. The van der Waals surface area contributed by atoms with E-state index in [0.29, 0.717) is 30.1 Å². The van der Waals surface area contributed by atoms with Gasteiger partial charge in [-0.3, -0.25) is 14.2 Å². The van der Waals surface area contributed by atoms with Crippen molar-refractivity contribution < 1.29 is 35.9 Å². The molecule has 43 heavy (non-hydrogen) atoms. The standard InChI is InChI=1S/C27H31F6N7O2S/c1-16-13-24(2,3)39(14-16)22-17(23(41)37-43-18-15-38(4)36-21(18)26(28,29)30)5-6-19(34-22)40-11-7-20(35-40)42-12-10-25(8-9-25)27(31,32)33/h5-7,11,15-16H,8-10,12-14H2,1-4H3,(H,37,41). The number of alkyl halides is 6. The molecule has 9 nitrogen and oxygen atoms in total. The van der Waals surface area contributed by atoms with Crippen LogP contribution in [0.3, 0.4) is 0 Å². The summed E-state index contributed by atoms with van der Waals surface area (Å²) in [5, 5.41) is 7.76. The van der Waals surface area contributed by atoms with Gasteiger partial charge in [0.2, 0.25) is 5.88 Å². The Morgan fingerprint density at radius 2 is 1.86 bits per heavy atom. The molecule has 0 aromatic carbocycles. The summed E-state index contributed by atoms with van der Waals surface area (Å²) in [6.45, 7) is 6.55. The zero-order valence-electron chi connectivity index (χ0n) is 23.9. The predicted molar refractivity (Wildman–Crippen MR) is 146 cm³/mol. The van der Waals surface area contributed by atoms with Crippen LogP contribution >= 0.6 is 11.9 Å². The molecule has 2 aliphatic rings. The zero-order chi connectivity index (χ0) is 31.4. The number of pyridine rings is 1. The average molecular weight is 632 g/mol. The van der Waals surface area contributed by atoms with Crippen molar-refractivity contribution in [3.8, 4) is 11.7 Å². The molecule has 3 aromatic rings. The molecule has 1 unspecified atom stereocenters. The number of carbonyl (C=O) groups excluding carboxylic acids is 1. The molecule has 1 aliphatic heterocycles. The highest BCUT2D eigenvalue weighted by Gasteiger charge is 2.62. The fraction of sp³-hybridized carbons (Fsp3) is 0.556. The molecule has 1 amide bonds. The van der Waals surface area contributed by atoms with Crippen molar-refractivity contribution in [3.05, 3.63) is 41.9 Å². The van der Waals surface area contributed by atoms with Gasteiger partial charge in [-0.15, -0.1) is 5.10 Å². The SMILES string of the molecule is CC1CN(c2nc(-n3ccc(OCCC4(C(F)(F)F)CC4)n3)ccc2C(=O)NSc2cn(C)nc2C(F)(F)F)C(C)(C)C1. The third-order valence-electron chi connectivity index (χ3n) is 7.84. The van der Waals surface area contributed by atoms with Crippen molar-refractivity contribution >= 4 is 23.7 Å². The summed E-state index contributed by atoms with van der Waals surface area (Å²) in [7, 11) is 1.36. The molecule has 0 spiro atoms. The van der Waals surface area contributed by atoms with E-state index in [-0.39, 0.29) is 53.7 Å². The third-order valence-corrected chi connectivity index (χ3v) is 8.64. The van der Waals surface area contributed by atoms with Gasteiger partial charge in [0.1, 0.15) is 5.82 Å². The maximum atomic E-state index is 13.4. The van der Waals surface area contributed by atoms with Crippen LogP contribution in [0, 0.1) is 11.3 Å². The minimum Gasteiger partial charge on any atom is -0.477 e. The van der Waals surface area contributed by atoms with E-state index in [1.807, 2.05) is 18.7 Å². The highest BCUT2D eigenvalue weighted by Crippen LogP contribution is 2.59. The van der Waals surface area contributed by atoms with Gasteiger partial charge in [0.05, 0.1) is 22.5 Å². The number of nitrogens with one attached hydrogen (secondary N) is 1. The fourth-order valence-corrected chi connectivity index (χ4v) is 6.26. The Kier molecular flexibility index (Phi) is 7.88. The van der Waals surface area contributed by atoms with Crippen LogP contribution in [0.15, 0.2) is 35.5 Å². The predicted octanol–water partition coefficient (Wildman–Crippen LogP) is 6.19. The summed E-state index contributed by atoms with van der Waals surface area (Å²) in [5.74, 6) is 0.420. The molecule has 1 saturated heterocycles. The first-order chi connectivity index (χ1) is 20.0. The van der Waals surface area contributed by atoms with Gasteiger partial charge < -0.3 is 9.64 Å². The smallest absolute Gasteiger partial charge is 0.436 e. The number of anilines is 1. The summed E-state index contributed by atoms with van der Waals surface area (Å²) in [4.78, 5) is 19.8. The Morgan fingerprint density at radius 3 is 2.47 bits per heavy atom. The number of carbonyl (C=O) groups is 1. The first-order valence-corrected chi connectivity index (χ1v) is 14.4. The molecule has 0 bridgehead atoms. The van der Waals surface area contributed by atoms with Gasteiger partial charge in [-0.05, 0) is 69.5 Å². The van der Waals surface area contributed by atoms with Crippen LogP contribution in [0.2, 0.25) is 0 Å². The lowest BCUT2D eigenvalue weighted by atomic mass is 9.97. The van der Waals surface area contributed by atoms with E-state index in [4.69, 9.17) is 9.72 Å². The zero-order valence-corrected chi connectivity index (χ0v) is 24.7. The number of halogens is 6. The van der Waals surface area contributed by atoms with Crippen LogP contribution in [0.1, 0.15) is 62.5 Å². The molecule has 0 radical (unpaired) electrons. The molecule has 4 heterocycles. The Hall–Kier alpha value is -3.43. The minimum atomic E-state index is -4.69. The number of ether oxygens (including phenoxy) is 1. The molecule has 3 aromatic heterocycles. The minimum absolute atomic E-state index is 0.0939. The van der Waals surface area contributed by atoms with E-state index in [1.54, 1.807) is 6.20 Å². The van der Waals surface area contributed by atoms with Gasteiger partial charge in [-0.1, -0.05) is 6.92 Å². The van der Waals surface area contributed by atoms with Crippen molar-refractivity contribution in [3.63, 3.8) is 0 Å². The summed E-state index contributed by atoms with van der Waals surface area (Å²) in [5.41, 5.74) is -3.01. The van der Waals surface area contributed by atoms with Gasteiger partial charge in [-0.2, -0.15) is 31.4 Å². The molecule has 1 saturated carbocycles. The highest BCUT2D eigenvalue weighted by atomic mass is 32.2. The molecule has 5 rings (SSSR count). The maximum Gasteiger partial charge on any atom is 0.436 e. The van der Waals surface area contributed by atoms with Crippen LogP contribution in [-0.4, -0.2) is 55.3 Å². The molecule has 1 aliphatic carbocycles. The van der Waals surface area contributed by atoms with E-state index in [0.717, 1.165) is 11.1 Å². The summed E-state index contributed by atoms with van der Waals surface area (Å²) in [6.07, 6.45) is -5.38. The molecular formula is C27H31F6N7O2S. The monoisotopic (exact) mass is 631 g/mol. The van der Waals surface area contributed by atoms with Crippen LogP contribution in [0.5, 0.6) is 5.88 Å². The van der Waals surface area contributed by atoms with Crippen molar-refractivity contribution in [1.29, 1.82) is 0 Å². The van der Waals surface area contributed by atoms with E-state index >= 15 is 0 Å². The van der Waals surface area contributed by atoms with Crippen LogP contribution < -0.4 is 14.4 Å². The molecule has 1 N–H and O–H groups in total. The lowest BCUT2D eigenvalue weighted by Crippen LogP contribution is -2.40. The van der Waals surface area contributed by atoms with Gasteiger partial charge in [-0.25, -0.2) is 9.67 Å². The van der Waals surface area contributed by atoms with Crippen LogP contribution in [0.25, 0.3) is 5.82 Å². The average Bonchev–Trinajstić information content (AvgIpc) is 3.24. The second-order valence-electron chi connectivity index (χ2n) is 11.8. The van der Waals surface area contributed by atoms with E-state index in [1.165, 1.54) is 36.1 Å². The Morgan fingerprint density at radius 1 is 1.14 bits per heavy atom. The fourth-order valence-electron chi connectivity index (χ4n) is 5.49. The van der Waals surface area contributed by atoms with Crippen LogP contribution in [-0.2, 0) is 13.2 Å². The topological polar surface area (TPSA) is 90.1 Å². The number of aromatic nitrogens is 5. The van der Waals surface area contributed by atoms with Crippen LogP contribution in [0.4, 0.5) is 32.2 Å². The van der Waals surface area contributed by atoms with Gasteiger partial charge >= 0.3 is 12.4 Å². The number of aryl methyl sites for hydroxylation is 1. The molecule has 234 valence electrons. The van der Waals surface area contributed by atoms with Crippen molar-refractivity contribution in [2.45, 2.75) is 69.2 Å². The van der Waals surface area contributed by atoms with Crippen molar-refractivity contribution in [2.75, 3.05) is 18.1 Å².